The Morgan fingerprint density at radius 1 is 1.28 bits per heavy atom. The van der Waals surface area contributed by atoms with Crippen LogP contribution in [0.5, 0.6) is 0 Å². The van der Waals surface area contributed by atoms with Gasteiger partial charge in [-0.05, 0) is 13.3 Å². The third-order valence-electron chi connectivity index (χ3n) is 5.99. The van der Waals surface area contributed by atoms with Gasteiger partial charge in [0.15, 0.2) is 5.78 Å². The van der Waals surface area contributed by atoms with E-state index in [1.807, 2.05) is 6.92 Å². The molecule has 2 aliphatic heterocycles. The molecule has 2 aliphatic rings. The van der Waals surface area contributed by atoms with Crippen molar-refractivity contribution in [2.75, 3.05) is 6.61 Å². The molecule has 9 heteroatoms. The van der Waals surface area contributed by atoms with Gasteiger partial charge in [-0.1, -0.05) is 6.92 Å². The molecule has 1 aromatic heterocycles. The summed E-state index contributed by atoms with van der Waals surface area (Å²) in [5.41, 5.74) is 0.358. The summed E-state index contributed by atoms with van der Waals surface area (Å²) in [6, 6.07) is 0. The lowest BCUT2D eigenvalue weighted by molar-refractivity contribution is -0.170. The van der Waals surface area contributed by atoms with Gasteiger partial charge in [-0.15, -0.1) is 0 Å². The van der Waals surface area contributed by atoms with Crippen molar-refractivity contribution in [1.29, 1.82) is 0 Å². The van der Waals surface area contributed by atoms with E-state index < -0.39 is 24.4 Å². The van der Waals surface area contributed by atoms with Crippen molar-refractivity contribution in [2.45, 2.75) is 69.7 Å². The minimum Gasteiger partial charge on any atom is -0.393 e. The van der Waals surface area contributed by atoms with Crippen LogP contribution >= 0.6 is 0 Å². The van der Waals surface area contributed by atoms with E-state index >= 15 is 0 Å². The average molecular weight is 410 g/mol. The van der Waals surface area contributed by atoms with Crippen LogP contribution in [0.1, 0.15) is 43.5 Å². The second kappa shape index (κ2) is 9.01. The molecule has 0 radical (unpaired) electrons. The molecule has 0 amide bonds. The van der Waals surface area contributed by atoms with E-state index in [9.17, 15) is 24.9 Å². The molecule has 2 saturated heterocycles. The molecule has 162 valence electrons. The number of ketones is 2. The zero-order chi connectivity index (χ0) is 21.3. The Morgan fingerprint density at radius 2 is 2.00 bits per heavy atom. The standard InChI is InChI=1S/C20H30N2O7/c1-10(11(2)23)20-17(29-20)4-12-9-28-16(19(27)18(12)26)6-14(24)5-15(25)13-7-21-22(3)8-13/h7-8,10-12,16-20,23,26-27H,4-6,9H2,1-3H3/t10-,11-,12-,16-,17-,18+,19-,20-/m0/s1. The highest BCUT2D eigenvalue weighted by Crippen LogP contribution is 2.38. The summed E-state index contributed by atoms with van der Waals surface area (Å²) in [6.45, 7) is 3.82. The predicted octanol–water partition coefficient (Wildman–Crippen LogP) is -0.137. The molecule has 0 aliphatic carbocycles. The molecule has 3 heterocycles. The molecule has 3 N–H and O–H groups in total. The number of hydrogen-bond donors (Lipinski definition) is 3. The first kappa shape index (κ1) is 22.0. The highest BCUT2D eigenvalue weighted by atomic mass is 16.6. The van der Waals surface area contributed by atoms with Crippen LogP contribution in [0.3, 0.4) is 0 Å². The first-order valence-electron chi connectivity index (χ1n) is 10.0. The number of ether oxygens (including phenoxy) is 2. The smallest absolute Gasteiger partial charge is 0.173 e. The monoisotopic (exact) mass is 410 g/mol. The number of aliphatic hydroxyl groups is 3. The van der Waals surface area contributed by atoms with Gasteiger partial charge < -0.3 is 24.8 Å². The van der Waals surface area contributed by atoms with Crippen LogP contribution in [-0.4, -0.2) is 79.9 Å². The number of carbonyl (C=O) groups excluding carboxylic acids is 2. The average Bonchev–Trinajstić information content (AvgIpc) is 3.29. The van der Waals surface area contributed by atoms with Gasteiger partial charge >= 0.3 is 0 Å². The van der Waals surface area contributed by atoms with Crippen molar-refractivity contribution in [3.63, 3.8) is 0 Å². The summed E-state index contributed by atoms with van der Waals surface area (Å²) >= 11 is 0. The van der Waals surface area contributed by atoms with E-state index in [1.54, 1.807) is 20.2 Å². The number of aliphatic hydroxyl groups excluding tert-OH is 3. The number of carbonyl (C=O) groups is 2. The van der Waals surface area contributed by atoms with Gasteiger partial charge in [-0.2, -0.15) is 5.10 Å². The first-order valence-corrected chi connectivity index (χ1v) is 10.0. The topological polar surface area (TPSA) is 134 Å². The van der Waals surface area contributed by atoms with Crippen LogP contribution in [0.2, 0.25) is 0 Å². The zero-order valence-corrected chi connectivity index (χ0v) is 17.0. The van der Waals surface area contributed by atoms with Gasteiger partial charge in [0.05, 0.1) is 55.3 Å². The SMILES string of the molecule is C[C@H]([C@@H]1O[C@H]1C[C@H]1CO[C@@H](CC(=O)CC(=O)c2cnn(C)c2)[C@H](O)[C@@H]1O)[C@H](C)O. The molecule has 0 aromatic carbocycles. The van der Waals surface area contributed by atoms with Crippen LogP contribution in [0.4, 0.5) is 0 Å². The molecular formula is C20H30N2O7. The largest absolute Gasteiger partial charge is 0.393 e. The van der Waals surface area contributed by atoms with E-state index in [4.69, 9.17) is 9.47 Å². The number of aromatic nitrogens is 2. The Labute approximate surface area is 169 Å². The molecule has 0 bridgehead atoms. The lowest BCUT2D eigenvalue weighted by Gasteiger charge is -2.37. The molecule has 0 spiro atoms. The first-order chi connectivity index (χ1) is 13.7. The van der Waals surface area contributed by atoms with Crippen molar-refractivity contribution in [2.24, 2.45) is 18.9 Å². The molecule has 29 heavy (non-hydrogen) atoms. The Morgan fingerprint density at radius 3 is 2.62 bits per heavy atom. The molecule has 2 fully saturated rings. The molecule has 8 atom stereocenters. The van der Waals surface area contributed by atoms with E-state index in [1.165, 1.54) is 10.9 Å². The van der Waals surface area contributed by atoms with Gasteiger partial charge in [0.1, 0.15) is 11.9 Å². The third kappa shape index (κ3) is 5.29. The summed E-state index contributed by atoms with van der Waals surface area (Å²) in [6.07, 6.45) is -0.688. The molecule has 9 nitrogen and oxygen atoms in total. The third-order valence-corrected chi connectivity index (χ3v) is 5.99. The lowest BCUT2D eigenvalue weighted by Crippen LogP contribution is -2.51. The molecule has 0 saturated carbocycles. The van der Waals surface area contributed by atoms with E-state index in [0.717, 1.165) is 0 Å². The fourth-order valence-corrected chi connectivity index (χ4v) is 3.85. The van der Waals surface area contributed by atoms with Crippen molar-refractivity contribution < 1.29 is 34.4 Å². The van der Waals surface area contributed by atoms with Crippen LogP contribution in [-0.2, 0) is 21.3 Å². The van der Waals surface area contributed by atoms with Gasteiger partial charge in [0, 0.05) is 31.5 Å². The molecule has 0 unspecified atom stereocenters. The Hall–Kier alpha value is -1.65. The number of rotatable bonds is 9. The highest BCUT2D eigenvalue weighted by molar-refractivity contribution is 6.07. The summed E-state index contributed by atoms with van der Waals surface area (Å²) < 4.78 is 12.7. The number of epoxide rings is 1. The van der Waals surface area contributed by atoms with Crippen molar-refractivity contribution in [3.8, 4) is 0 Å². The van der Waals surface area contributed by atoms with Gasteiger partial charge in [-0.3, -0.25) is 14.3 Å². The molecule has 1 aromatic rings. The Balaban J connectivity index is 1.46. The lowest BCUT2D eigenvalue weighted by atomic mass is 9.85. The fourth-order valence-electron chi connectivity index (χ4n) is 3.85. The second-order valence-electron chi connectivity index (χ2n) is 8.33. The number of hydrogen-bond acceptors (Lipinski definition) is 8. The highest BCUT2D eigenvalue weighted by Gasteiger charge is 2.48. The van der Waals surface area contributed by atoms with Crippen molar-refractivity contribution in [1.82, 2.24) is 9.78 Å². The zero-order valence-electron chi connectivity index (χ0n) is 17.0. The minimum atomic E-state index is -1.21. The Bertz CT molecular complexity index is 734. The van der Waals surface area contributed by atoms with Crippen LogP contribution in [0.15, 0.2) is 12.4 Å². The van der Waals surface area contributed by atoms with Gasteiger partial charge in [-0.25, -0.2) is 0 Å². The number of nitrogens with zero attached hydrogens (tertiary/aromatic N) is 2. The van der Waals surface area contributed by atoms with Crippen LogP contribution in [0, 0.1) is 11.8 Å². The van der Waals surface area contributed by atoms with Gasteiger partial charge in [0.2, 0.25) is 0 Å². The maximum absolute atomic E-state index is 12.2. The van der Waals surface area contributed by atoms with Crippen LogP contribution < -0.4 is 0 Å². The quantitative estimate of drug-likeness (QED) is 0.291. The number of Topliss-reactive ketones (excluding diaryl/α,β-unsaturated/α-hetero) is 2. The van der Waals surface area contributed by atoms with Crippen molar-refractivity contribution in [3.05, 3.63) is 18.0 Å². The van der Waals surface area contributed by atoms with Crippen molar-refractivity contribution >= 4 is 11.6 Å². The minimum absolute atomic E-state index is 0.00528. The summed E-state index contributed by atoms with van der Waals surface area (Å²) in [5.74, 6) is -1.01. The van der Waals surface area contributed by atoms with E-state index in [-0.39, 0.29) is 55.1 Å². The normalized spacial score (nSPS) is 33.9. The fraction of sp³-hybridized carbons (Fsp3) is 0.750. The summed E-state index contributed by atoms with van der Waals surface area (Å²) in [7, 11) is 1.68. The summed E-state index contributed by atoms with van der Waals surface area (Å²) in [4.78, 5) is 24.4. The van der Waals surface area contributed by atoms with Gasteiger partial charge in [0.25, 0.3) is 0 Å². The van der Waals surface area contributed by atoms with E-state index in [0.29, 0.717) is 12.0 Å². The Kier molecular flexibility index (Phi) is 6.85. The maximum atomic E-state index is 12.2. The summed E-state index contributed by atoms with van der Waals surface area (Å²) in [5, 5.41) is 34.4. The van der Waals surface area contributed by atoms with E-state index in [2.05, 4.69) is 5.10 Å². The molecule has 3 rings (SSSR count). The van der Waals surface area contributed by atoms with Crippen LogP contribution in [0.25, 0.3) is 0 Å². The number of aryl methyl sites for hydroxylation is 1. The second-order valence-corrected chi connectivity index (χ2v) is 8.33. The predicted molar refractivity (Wildman–Crippen MR) is 101 cm³/mol. The maximum Gasteiger partial charge on any atom is 0.173 e. The molecular weight excluding hydrogens is 380 g/mol.